The molecule has 5 rings (SSSR count). The van der Waals surface area contributed by atoms with Crippen LogP contribution in [0.5, 0.6) is 0 Å². The Kier molecular flexibility index (Phi) is 8.48. The molecule has 200 valence electrons. The first kappa shape index (κ1) is 26.1. The SMILES string of the molecule is CCC(=O)N1CC(C(=O)N[C@@H](CCN2CCC(n3cnc(Cc4ccccc4)n3)CC2)c2ccccc2)C1. The Morgan fingerprint density at radius 1 is 1.00 bits per heavy atom. The van der Waals surface area contributed by atoms with Crippen molar-refractivity contribution < 1.29 is 9.59 Å². The number of likely N-dealkylation sites (tertiary alicyclic amines) is 2. The van der Waals surface area contributed by atoms with Gasteiger partial charge in [0.1, 0.15) is 6.33 Å². The number of carbonyl (C=O) groups excluding carboxylic acids is 2. The Labute approximate surface area is 225 Å². The second kappa shape index (κ2) is 12.3. The molecule has 1 atom stereocenters. The predicted octanol–water partition coefficient (Wildman–Crippen LogP) is 3.62. The minimum atomic E-state index is -0.109. The average molecular weight is 515 g/mol. The van der Waals surface area contributed by atoms with Gasteiger partial charge in [-0.15, -0.1) is 0 Å². The third-order valence-corrected chi connectivity index (χ3v) is 7.85. The van der Waals surface area contributed by atoms with E-state index < -0.39 is 0 Å². The van der Waals surface area contributed by atoms with Gasteiger partial charge in [-0.1, -0.05) is 67.6 Å². The number of nitrogens with one attached hydrogen (secondary N) is 1. The van der Waals surface area contributed by atoms with Crippen LogP contribution in [0.3, 0.4) is 0 Å². The fourth-order valence-corrected chi connectivity index (χ4v) is 5.43. The van der Waals surface area contributed by atoms with E-state index in [-0.39, 0.29) is 23.8 Å². The highest BCUT2D eigenvalue weighted by atomic mass is 16.2. The van der Waals surface area contributed by atoms with Crippen molar-refractivity contribution >= 4 is 11.8 Å². The van der Waals surface area contributed by atoms with E-state index in [2.05, 4.69) is 39.5 Å². The second-order valence-corrected chi connectivity index (χ2v) is 10.5. The van der Waals surface area contributed by atoms with Crippen LogP contribution in [0.15, 0.2) is 67.0 Å². The lowest BCUT2D eigenvalue weighted by molar-refractivity contribution is -0.143. The van der Waals surface area contributed by atoms with Crippen LogP contribution < -0.4 is 5.32 Å². The van der Waals surface area contributed by atoms with Crippen LogP contribution >= 0.6 is 0 Å². The number of piperidine rings is 1. The van der Waals surface area contributed by atoms with Crippen molar-refractivity contribution in [1.29, 1.82) is 0 Å². The van der Waals surface area contributed by atoms with Gasteiger partial charge in [0.25, 0.3) is 0 Å². The molecule has 0 radical (unpaired) electrons. The molecule has 2 amide bonds. The first-order valence-corrected chi connectivity index (χ1v) is 13.9. The van der Waals surface area contributed by atoms with Gasteiger partial charge in [-0.05, 0) is 30.4 Å². The molecule has 2 saturated heterocycles. The summed E-state index contributed by atoms with van der Waals surface area (Å²) in [6.45, 7) is 5.86. The van der Waals surface area contributed by atoms with Crippen molar-refractivity contribution in [2.45, 2.75) is 51.1 Å². The van der Waals surface area contributed by atoms with Crippen molar-refractivity contribution in [3.63, 3.8) is 0 Å². The minimum absolute atomic E-state index is 0.0341. The number of aromatic nitrogens is 3. The van der Waals surface area contributed by atoms with Crippen molar-refractivity contribution in [1.82, 2.24) is 29.9 Å². The molecule has 0 unspecified atom stereocenters. The molecule has 2 aliphatic heterocycles. The molecule has 3 heterocycles. The summed E-state index contributed by atoms with van der Waals surface area (Å²) < 4.78 is 2.05. The molecule has 2 fully saturated rings. The first-order valence-electron chi connectivity index (χ1n) is 13.9. The molecule has 3 aromatic rings. The number of rotatable bonds is 10. The molecule has 0 spiro atoms. The van der Waals surface area contributed by atoms with Gasteiger partial charge in [-0.2, -0.15) is 5.10 Å². The summed E-state index contributed by atoms with van der Waals surface area (Å²) in [4.78, 5) is 33.6. The Morgan fingerprint density at radius 2 is 1.68 bits per heavy atom. The van der Waals surface area contributed by atoms with Gasteiger partial charge in [0.05, 0.1) is 18.0 Å². The van der Waals surface area contributed by atoms with Crippen LogP contribution in [0.2, 0.25) is 0 Å². The van der Waals surface area contributed by atoms with Crippen LogP contribution in [0.1, 0.15) is 61.6 Å². The van der Waals surface area contributed by atoms with E-state index in [9.17, 15) is 9.59 Å². The zero-order valence-corrected chi connectivity index (χ0v) is 22.2. The summed E-state index contributed by atoms with van der Waals surface area (Å²) in [5.41, 5.74) is 2.36. The number of nitrogens with zero attached hydrogens (tertiary/aromatic N) is 5. The van der Waals surface area contributed by atoms with Crippen molar-refractivity contribution in [3.05, 3.63) is 83.9 Å². The average Bonchev–Trinajstić information content (AvgIpc) is 3.39. The van der Waals surface area contributed by atoms with Gasteiger partial charge in [0.2, 0.25) is 11.8 Å². The molecule has 1 aromatic heterocycles. The largest absolute Gasteiger partial charge is 0.349 e. The van der Waals surface area contributed by atoms with E-state index >= 15 is 0 Å². The number of amides is 2. The summed E-state index contributed by atoms with van der Waals surface area (Å²) in [5.74, 6) is 0.932. The van der Waals surface area contributed by atoms with Gasteiger partial charge in [0, 0.05) is 45.6 Å². The van der Waals surface area contributed by atoms with Gasteiger partial charge in [-0.3, -0.25) is 9.59 Å². The Hall–Kier alpha value is -3.52. The molecule has 2 aromatic carbocycles. The lowest BCUT2D eigenvalue weighted by Gasteiger charge is -2.39. The van der Waals surface area contributed by atoms with Gasteiger partial charge in [-0.25, -0.2) is 9.67 Å². The standard InChI is InChI=1S/C30H38N6O2/c1-2-29(37)35-20-25(21-35)30(38)32-27(24-11-7-4-8-12-24)15-18-34-16-13-26(14-17-34)36-22-31-28(33-36)19-23-9-5-3-6-10-23/h3-12,22,25-27H,2,13-21H2,1H3,(H,32,38)/t27-/m0/s1. The molecule has 0 aliphatic carbocycles. The maximum atomic E-state index is 13.0. The molecule has 1 N–H and O–H groups in total. The number of hydrogen-bond acceptors (Lipinski definition) is 5. The van der Waals surface area contributed by atoms with Crippen molar-refractivity contribution in [2.24, 2.45) is 5.92 Å². The van der Waals surface area contributed by atoms with Crippen LogP contribution in [0, 0.1) is 5.92 Å². The fraction of sp³-hybridized carbons (Fsp3) is 0.467. The van der Waals surface area contributed by atoms with E-state index in [0.717, 1.165) is 56.7 Å². The maximum Gasteiger partial charge on any atom is 0.227 e. The Balaban J connectivity index is 1.11. The van der Waals surface area contributed by atoms with E-state index in [4.69, 9.17) is 5.10 Å². The lowest BCUT2D eigenvalue weighted by atomic mass is 9.96. The molecule has 0 saturated carbocycles. The highest BCUT2D eigenvalue weighted by Crippen LogP contribution is 2.25. The van der Waals surface area contributed by atoms with E-state index in [0.29, 0.717) is 25.6 Å². The molecule has 0 bridgehead atoms. The maximum absolute atomic E-state index is 13.0. The molecule has 2 aliphatic rings. The molecular formula is C30H38N6O2. The topological polar surface area (TPSA) is 83.4 Å². The van der Waals surface area contributed by atoms with E-state index in [1.807, 2.05) is 54.3 Å². The van der Waals surface area contributed by atoms with Crippen LogP contribution in [0.4, 0.5) is 0 Å². The molecule has 8 heteroatoms. The van der Waals surface area contributed by atoms with Gasteiger partial charge >= 0.3 is 0 Å². The monoisotopic (exact) mass is 514 g/mol. The predicted molar refractivity (Wildman–Crippen MR) is 146 cm³/mol. The Bertz CT molecular complexity index is 1180. The first-order chi connectivity index (χ1) is 18.6. The number of benzene rings is 2. The van der Waals surface area contributed by atoms with E-state index in [1.54, 1.807) is 4.90 Å². The summed E-state index contributed by atoms with van der Waals surface area (Å²) in [6, 6.07) is 20.9. The molecular weight excluding hydrogens is 476 g/mol. The second-order valence-electron chi connectivity index (χ2n) is 10.5. The summed E-state index contributed by atoms with van der Waals surface area (Å²) in [6.07, 6.45) is 6.07. The molecule has 8 nitrogen and oxygen atoms in total. The van der Waals surface area contributed by atoms with Gasteiger partial charge in [0.15, 0.2) is 5.82 Å². The quantitative estimate of drug-likeness (QED) is 0.447. The minimum Gasteiger partial charge on any atom is -0.349 e. The normalized spacial score (nSPS) is 17.7. The van der Waals surface area contributed by atoms with E-state index in [1.165, 1.54) is 5.56 Å². The highest BCUT2D eigenvalue weighted by molar-refractivity contribution is 5.84. The Morgan fingerprint density at radius 3 is 2.37 bits per heavy atom. The fourth-order valence-electron chi connectivity index (χ4n) is 5.43. The third-order valence-electron chi connectivity index (χ3n) is 7.85. The zero-order valence-electron chi connectivity index (χ0n) is 22.2. The smallest absolute Gasteiger partial charge is 0.227 e. The highest BCUT2D eigenvalue weighted by Gasteiger charge is 2.35. The zero-order chi connectivity index (χ0) is 26.3. The number of hydrogen-bond donors (Lipinski definition) is 1. The van der Waals surface area contributed by atoms with Crippen LogP contribution in [-0.2, 0) is 16.0 Å². The van der Waals surface area contributed by atoms with Crippen molar-refractivity contribution in [3.8, 4) is 0 Å². The molecule has 38 heavy (non-hydrogen) atoms. The summed E-state index contributed by atoms with van der Waals surface area (Å²) >= 11 is 0. The van der Waals surface area contributed by atoms with Crippen LogP contribution in [-0.4, -0.2) is 69.1 Å². The summed E-state index contributed by atoms with van der Waals surface area (Å²) in [5, 5.41) is 8.05. The third kappa shape index (κ3) is 6.48. The summed E-state index contributed by atoms with van der Waals surface area (Å²) in [7, 11) is 0. The van der Waals surface area contributed by atoms with Crippen LogP contribution in [0.25, 0.3) is 0 Å². The van der Waals surface area contributed by atoms with Gasteiger partial charge < -0.3 is 15.1 Å². The number of carbonyl (C=O) groups is 2. The lowest BCUT2D eigenvalue weighted by Crippen LogP contribution is -2.56. The van der Waals surface area contributed by atoms with Crippen molar-refractivity contribution in [2.75, 3.05) is 32.7 Å².